The van der Waals surface area contributed by atoms with Crippen LogP contribution in [0.5, 0.6) is 0 Å². The number of Topliss-reactive ketones (excluding diaryl/α,β-unsaturated/α-hetero) is 1. The molecule has 0 saturated carbocycles. The Morgan fingerprint density at radius 1 is 1.69 bits per heavy atom. The van der Waals surface area contributed by atoms with Crippen molar-refractivity contribution in [3.63, 3.8) is 0 Å². The van der Waals surface area contributed by atoms with Crippen LogP contribution >= 0.6 is 27.3 Å². The van der Waals surface area contributed by atoms with Crippen molar-refractivity contribution in [2.45, 2.75) is 6.92 Å². The molecule has 2 nitrogen and oxygen atoms in total. The highest BCUT2D eigenvalue weighted by Gasteiger charge is 2.17. The van der Waals surface area contributed by atoms with Crippen LogP contribution in [0.25, 0.3) is 0 Å². The van der Waals surface area contributed by atoms with Crippen molar-refractivity contribution in [2.75, 3.05) is 13.6 Å². The Labute approximate surface area is 90.5 Å². The molecule has 1 unspecified atom stereocenters. The van der Waals surface area contributed by atoms with Crippen LogP contribution in [0.4, 0.5) is 0 Å². The lowest BCUT2D eigenvalue weighted by Crippen LogP contribution is -2.23. The van der Waals surface area contributed by atoms with Crippen molar-refractivity contribution >= 4 is 33.0 Å². The first-order chi connectivity index (χ1) is 6.16. The number of hydrogen-bond acceptors (Lipinski definition) is 3. The molecule has 0 amide bonds. The van der Waals surface area contributed by atoms with Gasteiger partial charge in [0.15, 0.2) is 5.78 Å². The summed E-state index contributed by atoms with van der Waals surface area (Å²) < 4.78 is 0.908. The highest BCUT2D eigenvalue weighted by Crippen LogP contribution is 2.23. The van der Waals surface area contributed by atoms with Crippen LogP contribution in [0, 0.1) is 5.92 Å². The largest absolute Gasteiger partial charge is 0.319 e. The topological polar surface area (TPSA) is 29.1 Å². The van der Waals surface area contributed by atoms with E-state index in [0.717, 1.165) is 16.6 Å². The molecule has 1 atom stereocenters. The van der Waals surface area contributed by atoms with E-state index in [1.54, 1.807) is 11.3 Å². The van der Waals surface area contributed by atoms with E-state index >= 15 is 0 Å². The monoisotopic (exact) mass is 261 g/mol. The first-order valence-corrected chi connectivity index (χ1v) is 5.81. The number of carbonyl (C=O) groups is 1. The third-order valence-electron chi connectivity index (χ3n) is 1.84. The molecule has 0 aliphatic rings. The lowest BCUT2D eigenvalue weighted by Gasteiger charge is -2.08. The van der Waals surface area contributed by atoms with Crippen molar-refractivity contribution in [1.82, 2.24) is 5.32 Å². The van der Waals surface area contributed by atoms with E-state index in [1.807, 2.05) is 24.7 Å². The first kappa shape index (κ1) is 10.9. The highest BCUT2D eigenvalue weighted by molar-refractivity contribution is 9.10. The summed E-state index contributed by atoms with van der Waals surface area (Å²) in [6, 6.07) is 0. The van der Waals surface area contributed by atoms with Gasteiger partial charge in [0, 0.05) is 33.3 Å². The fourth-order valence-corrected chi connectivity index (χ4v) is 2.60. The Morgan fingerprint density at radius 2 is 2.38 bits per heavy atom. The fraction of sp³-hybridized carbons (Fsp3) is 0.444. The number of rotatable bonds is 4. The maximum absolute atomic E-state index is 11.8. The average Bonchev–Trinajstić information content (AvgIpc) is 2.50. The van der Waals surface area contributed by atoms with Crippen molar-refractivity contribution in [3.05, 3.63) is 20.8 Å². The van der Waals surface area contributed by atoms with Crippen molar-refractivity contribution in [1.29, 1.82) is 0 Å². The van der Waals surface area contributed by atoms with Gasteiger partial charge in [-0.05, 0) is 23.0 Å². The molecule has 1 N–H and O–H groups in total. The highest BCUT2D eigenvalue weighted by atomic mass is 79.9. The molecule has 0 aromatic carbocycles. The van der Waals surface area contributed by atoms with Crippen LogP contribution in [-0.4, -0.2) is 19.4 Å². The number of carbonyl (C=O) groups excluding carboxylic acids is 1. The number of hydrogen-bond donors (Lipinski definition) is 1. The molecule has 0 saturated heterocycles. The van der Waals surface area contributed by atoms with Crippen LogP contribution in [0.3, 0.4) is 0 Å². The second-order valence-electron chi connectivity index (χ2n) is 2.96. The van der Waals surface area contributed by atoms with Gasteiger partial charge >= 0.3 is 0 Å². The van der Waals surface area contributed by atoms with Gasteiger partial charge in [-0.15, -0.1) is 0 Å². The van der Waals surface area contributed by atoms with Gasteiger partial charge < -0.3 is 5.32 Å². The molecule has 0 spiro atoms. The minimum atomic E-state index is 0.0379. The van der Waals surface area contributed by atoms with Gasteiger partial charge in [0.05, 0.1) is 0 Å². The van der Waals surface area contributed by atoms with Crippen LogP contribution in [0.2, 0.25) is 0 Å². The van der Waals surface area contributed by atoms with Crippen molar-refractivity contribution in [3.8, 4) is 0 Å². The molecule has 0 radical (unpaired) electrons. The third kappa shape index (κ3) is 2.62. The van der Waals surface area contributed by atoms with Gasteiger partial charge in [-0.25, -0.2) is 0 Å². The van der Waals surface area contributed by atoms with E-state index in [0.29, 0.717) is 0 Å². The van der Waals surface area contributed by atoms with E-state index in [-0.39, 0.29) is 11.7 Å². The minimum absolute atomic E-state index is 0.0379. The molecule has 72 valence electrons. The number of nitrogens with one attached hydrogen (secondary N) is 1. The Hall–Kier alpha value is -0.190. The van der Waals surface area contributed by atoms with Crippen molar-refractivity contribution < 1.29 is 4.79 Å². The summed E-state index contributed by atoms with van der Waals surface area (Å²) in [5, 5.41) is 6.81. The maximum atomic E-state index is 11.8. The molecule has 1 aromatic heterocycles. The van der Waals surface area contributed by atoms with Gasteiger partial charge in [-0.2, -0.15) is 11.3 Å². The molecule has 1 rings (SSSR count). The molecular weight excluding hydrogens is 250 g/mol. The van der Waals surface area contributed by atoms with E-state index in [1.165, 1.54) is 0 Å². The lowest BCUT2D eigenvalue weighted by molar-refractivity contribution is 0.0930. The minimum Gasteiger partial charge on any atom is -0.319 e. The van der Waals surface area contributed by atoms with E-state index in [4.69, 9.17) is 0 Å². The van der Waals surface area contributed by atoms with Gasteiger partial charge in [-0.3, -0.25) is 4.79 Å². The van der Waals surface area contributed by atoms with Gasteiger partial charge in [0.1, 0.15) is 0 Å². The predicted octanol–water partition coefficient (Wildman–Crippen LogP) is 2.55. The Kier molecular flexibility index (Phi) is 4.09. The zero-order valence-corrected chi connectivity index (χ0v) is 10.0. The lowest BCUT2D eigenvalue weighted by atomic mass is 10.0. The molecule has 1 aromatic rings. The molecule has 0 fully saturated rings. The molecule has 0 bridgehead atoms. The third-order valence-corrected chi connectivity index (χ3v) is 3.54. The first-order valence-electron chi connectivity index (χ1n) is 4.07. The normalized spacial score (nSPS) is 12.8. The van der Waals surface area contributed by atoms with Gasteiger partial charge in [0.2, 0.25) is 0 Å². The summed E-state index contributed by atoms with van der Waals surface area (Å²) in [7, 11) is 1.85. The number of ketones is 1. The van der Waals surface area contributed by atoms with Crippen LogP contribution in [-0.2, 0) is 0 Å². The summed E-state index contributed by atoms with van der Waals surface area (Å²) in [5.41, 5.74) is 0.799. The summed E-state index contributed by atoms with van der Waals surface area (Å²) >= 11 is 4.90. The van der Waals surface area contributed by atoms with E-state index < -0.39 is 0 Å². The van der Waals surface area contributed by atoms with E-state index in [9.17, 15) is 4.79 Å². The predicted molar refractivity (Wildman–Crippen MR) is 59.4 cm³/mol. The summed E-state index contributed by atoms with van der Waals surface area (Å²) in [6.45, 7) is 2.66. The SMILES string of the molecule is CNCC(C)C(=O)c1cscc1Br. The quantitative estimate of drug-likeness (QED) is 0.845. The molecule has 1 heterocycles. The molecule has 0 aliphatic heterocycles. The average molecular weight is 262 g/mol. The van der Waals surface area contributed by atoms with Crippen LogP contribution in [0.1, 0.15) is 17.3 Å². The van der Waals surface area contributed by atoms with E-state index in [2.05, 4.69) is 21.2 Å². The fourth-order valence-electron chi connectivity index (χ4n) is 1.12. The molecular formula is C9H12BrNOS. The Balaban J connectivity index is 2.73. The number of halogens is 1. The molecule has 4 heteroatoms. The summed E-state index contributed by atoms with van der Waals surface area (Å²) in [6.07, 6.45) is 0. The van der Waals surface area contributed by atoms with Crippen LogP contribution in [0.15, 0.2) is 15.2 Å². The number of thiophene rings is 1. The smallest absolute Gasteiger partial charge is 0.168 e. The Morgan fingerprint density at radius 3 is 2.85 bits per heavy atom. The second kappa shape index (κ2) is 4.88. The molecule has 13 heavy (non-hydrogen) atoms. The molecule has 0 aliphatic carbocycles. The standard InChI is InChI=1S/C9H12BrNOS/c1-6(3-11-2)9(12)7-4-13-5-8(7)10/h4-6,11H,3H2,1-2H3. The summed E-state index contributed by atoms with van der Waals surface area (Å²) in [4.78, 5) is 11.8. The van der Waals surface area contributed by atoms with Crippen LogP contribution < -0.4 is 5.32 Å². The zero-order valence-electron chi connectivity index (χ0n) is 7.63. The Bertz CT molecular complexity index is 298. The second-order valence-corrected chi connectivity index (χ2v) is 4.55. The summed E-state index contributed by atoms with van der Waals surface area (Å²) in [5.74, 6) is 0.235. The van der Waals surface area contributed by atoms with Gasteiger partial charge in [-0.1, -0.05) is 6.92 Å². The zero-order chi connectivity index (χ0) is 9.84. The van der Waals surface area contributed by atoms with Crippen molar-refractivity contribution in [2.24, 2.45) is 5.92 Å². The maximum Gasteiger partial charge on any atom is 0.168 e. The van der Waals surface area contributed by atoms with Gasteiger partial charge in [0.25, 0.3) is 0 Å².